The molecule has 2 atom stereocenters. The highest BCUT2D eigenvalue weighted by atomic mass is 35.5. The quantitative estimate of drug-likeness (QED) is 0.878. The second-order valence-electron chi connectivity index (χ2n) is 4.00. The maximum atomic E-state index is 12.1. The maximum absolute atomic E-state index is 12.1. The molecular formula is C12H17ClF3NO2. The van der Waals surface area contributed by atoms with Crippen molar-refractivity contribution in [3.8, 4) is 5.75 Å². The number of ether oxygens (including phenoxy) is 1. The van der Waals surface area contributed by atoms with Crippen LogP contribution in [-0.4, -0.2) is 17.6 Å². The van der Waals surface area contributed by atoms with E-state index in [9.17, 15) is 18.3 Å². The molecule has 110 valence electrons. The minimum Gasteiger partial charge on any atom is -0.406 e. The van der Waals surface area contributed by atoms with Gasteiger partial charge in [0.1, 0.15) is 5.75 Å². The summed E-state index contributed by atoms with van der Waals surface area (Å²) in [6.45, 7) is 1.89. The lowest BCUT2D eigenvalue weighted by Gasteiger charge is -2.19. The van der Waals surface area contributed by atoms with Gasteiger partial charge in [-0.05, 0) is 24.1 Å². The molecule has 0 radical (unpaired) electrons. The van der Waals surface area contributed by atoms with Gasteiger partial charge in [-0.15, -0.1) is 25.6 Å². The fraction of sp³-hybridized carbons (Fsp3) is 0.500. The number of hydrogen-bond acceptors (Lipinski definition) is 3. The van der Waals surface area contributed by atoms with Crippen LogP contribution in [0.25, 0.3) is 0 Å². The van der Waals surface area contributed by atoms with Gasteiger partial charge in [0.2, 0.25) is 0 Å². The predicted molar refractivity (Wildman–Crippen MR) is 68.2 cm³/mol. The summed E-state index contributed by atoms with van der Waals surface area (Å²) in [5, 5.41) is 9.71. The average molecular weight is 300 g/mol. The number of hydrogen-bond donors (Lipinski definition) is 2. The molecule has 0 aliphatic heterocycles. The van der Waals surface area contributed by atoms with Gasteiger partial charge in [0.05, 0.1) is 12.1 Å². The zero-order chi connectivity index (χ0) is 13.8. The minimum atomic E-state index is -4.73. The third-order valence-electron chi connectivity index (χ3n) is 2.48. The first kappa shape index (κ1) is 18.0. The minimum absolute atomic E-state index is 0. The molecule has 0 fully saturated rings. The molecule has 0 saturated heterocycles. The number of nitrogens with two attached hydrogens (primary N) is 1. The lowest BCUT2D eigenvalue weighted by molar-refractivity contribution is -0.274. The summed E-state index contributed by atoms with van der Waals surface area (Å²) in [5.74, 6) is -0.334. The third-order valence-corrected chi connectivity index (χ3v) is 2.48. The Balaban J connectivity index is 0.00000324. The monoisotopic (exact) mass is 299 g/mol. The molecule has 0 aliphatic carbocycles. The lowest BCUT2D eigenvalue weighted by Crippen LogP contribution is -2.26. The summed E-state index contributed by atoms with van der Waals surface area (Å²) in [5.41, 5.74) is 6.18. The topological polar surface area (TPSA) is 55.5 Å². The van der Waals surface area contributed by atoms with E-state index in [0.29, 0.717) is 12.0 Å². The van der Waals surface area contributed by atoms with Crippen LogP contribution in [0, 0.1) is 0 Å². The average Bonchev–Trinajstić information content (AvgIpc) is 2.26. The van der Waals surface area contributed by atoms with E-state index in [2.05, 4.69) is 4.74 Å². The van der Waals surface area contributed by atoms with Crippen molar-refractivity contribution in [3.05, 3.63) is 29.8 Å². The molecule has 0 bridgehead atoms. The number of aliphatic hydroxyl groups is 1. The standard InChI is InChI=1S/C12H16F3NO2.ClH/c1-2-4-10(17)11(16)8-5-3-6-9(7-8)18-12(13,14)15;/h3,5-7,10-11,17H,2,4,16H2,1H3;1H/t10-,11+;/m0./s1. The normalized spacial score (nSPS) is 14.4. The Morgan fingerprint density at radius 2 is 2.00 bits per heavy atom. The van der Waals surface area contributed by atoms with Crippen LogP contribution >= 0.6 is 12.4 Å². The molecule has 0 aliphatic rings. The molecule has 1 rings (SSSR count). The molecule has 19 heavy (non-hydrogen) atoms. The Morgan fingerprint density at radius 1 is 1.37 bits per heavy atom. The Labute approximate surface area is 116 Å². The highest BCUT2D eigenvalue weighted by Gasteiger charge is 2.31. The molecule has 7 heteroatoms. The first-order valence-electron chi connectivity index (χ1n) is 5.63. The zero-order valence-electron chi connectivity index (χ0n) is 10.4. The van der Waals surface area contributed by atoms with Gasteiger partial charge < -0.3 is 15.6 Å². The molecule has 3 N–H and O–H groups in total. The predicted octanol–water partition coefficient (Wildman–Crippen LogP) is 3.17. The smallest absolute Gasteiger partial charge is 0.406 e. The molecule has 0 amide bonds. The van der Waals surface area contributed by atoms with Crippen molar-refractivity contribution in [3.63, 3.8) is 0 Å². The summed E-state index contributed by atoms with van der Waals surface area (Å²) in [4.78, 5) is 0. The van der Waals surface area contributed by atoms with Crippen molar-refractivity contribution in [2.75, 3.05) is 0 Å². The van der Waals surface area contributed by atoms with Crippen molar-refractivity contribution < 1.29 is 23.0 Å². The van der Waals surface area contributed by atoms with Gasteiger partial charge in [0, 0.05) is 0 Å². The molecule has 1 aromatic rings. The van der Waals surface area contributed by atoms with Crippen LogP contribution in [-0.2, 0) is 0 Å². The van der Waals surface area contributed by atoms with Gasteiger partial charge in [-0.2, -0.15) is 0 Å². The van der Waals surface area contributed by atoms with Crippen LogP contribution in [0.15, 0.2) is 24.3 Å². The molecule has 0 unspecified atom stereocenters. The van der Waals surface area contributed by atoms with Crippen molar-refractivity contribution in [1.29, 1.82) is 0 Å². The first-order chi connectivity index (χ1) is 8.33. The van der Waals surface area contributed by atoms with Gasteiger partial charge in [0.15, 0.2) is 0 Å². The number of benzene rings is 1. The van der Waals surface area contributed by atoms with Crippen LogP contribution in [0.2, 0.25) is 0 Å². The van der Waals surface area contributed by atoms with E-state index in [-0.39, 0.29) is 18.2 Å². The van der Waals surface area contributed by atoms with E-state index in [1.807, 2.05) is 6.92 Å². The van der Waals surface area contributed by atoms with Crippen LogP contribution < -0.4 is 10.5 Å². The third kappa shape index (κ3) is 6.13. The number of rotatable bonds is 5. The lowest BCUT2D eigenvalue weighted by atomic mass is 9.99. The molecular weight excluding hydrogens is 283 g/mol. The number of aliphatic hydroxyl groups excluding tert-OH is 1. The summed E-state index contributed by atoms with van der Waals surface area (Å²) < 4.78 is 39.9. The van der Waals surface area contributed by atoms with E-state index in [1.165, 1.54) is 18.2 Å². The van der Waals surface area contributed by atoms with Gasteiger partial charge >= 0.3 is 6.36 Å². The second-order valence-corrected chi connectivity index (χ2v) is 4.00. The SMILES string of the molecule is CCC[C@H](O)[C@H](N)c1cccc(OC(F)(F)F)c1.Cl. The molecule has 0 aromatic heterocycles. The molecule has 0 heterocycles. The molecule has 0 spiro atoms. The van der Waals surface area contributed by atoms with Crippen LogP contribution in [0.3, 0.4) is 0 Å². The molecule has 0 saturated carbocycles. The van der Waals surface area contributed by atoms with Crippen LogP contribution in [0.4, 0.5) is 13.2 Å². The van der Waals surface area contributed by atoms with Crippen LogP contribution in [0.1, 0.15) is 31.4 Å². The van der Waals surface area contributed by atoms with Gasteiger partial charge in [-0.25, -0.2) is 0 Å². The molecule has 3 nitrogen and oxygen atoms in total. The highest BCUT2D eigenvalue weighted by molar-refractivity contribution is 5.85. The van der Waals surface area contributed by atoms with Gasteiger partial charge in [-0.1, -0.05) is 25.5 Å². The largest absolute Gasteiger partial charge is 0.573 e. The van der Waals surface area contributed by atoms with E-state index >= 15 is 0 Å². The van der Waals surface area contributed by atoms with Crippen molar-refractivity contribution in [1.82, 2.24) is 0 Å². The second kappa shape index (κ2) is 7.57. The van der Waals surface area contributed by atoms with E-state index in [0.717, 1.165) is 6.42 Å². The molecule has 1 aromatic carbocycles. The summed E-state index contributed by atoms with van der Waals surface area (Å²) in [7, 11) is 0. The van der Waals surface area contributed by atoms with E-state index < -0.39 is 18.5 Å². The van der Waals surface area contributed by atoms with Gasteiger partial charge in [0.25, 0.3) is 0 Å². The Hall–Kier alpha value is -0.980. The fourth-order valence-corrected chi connectivity index (χ4v) is 1.62. The van der Waals surface area contributed by atoms with E-state index in [1.54, 1.807) is 6.07 Å². The van der Waals surface area contributed by atoms with Crippen molar-refractivity contribution in [2.24, 2.45) is 5.73 Å². The van der Waals surface area contributed by atoms with Gasteiger partial charge in [-0.3, -0.25) is 0 Å². The van der Waals surface area contributed by atoms with Crippen molar-refractivity contribution >= 4 is 12.4 Å². The fourth-order valence-electron chi connectivity index (χ4n) is 1.62. The summed E-state index contributed by atoms with van der Waals surface area (Å²) in [6, 6.07) is 4.64. The Bertz CT molecular complexity index is 387. The Kier molecular flexibility index (Phi) is 7.18. The number of alkyl halides is 3. The maximum Gasteiger partial charge on any atom is 0.573 e. The Morgan fingerprint density at radius 3 is 2.53 bits per heavy atom. The zero-order valence-corrected chi connectivity index (χ0v) is 11.2. The van der Waals surface area contributed by atoms with Crippen molar-refractivity contribution in [2.45, 2.75) is 38.3 Å². The first-order valence-corrected chi connectivity index (χ1v) is 5.63. The highest BCUT2D eigenvalue weighted by Crippen LogP contribution is 2.26. The van der Waals surface area contributed by atoms with Crippen LogP contribution in [0.5, 0.6) is 5.75 Å². The number of halogens is 4. The van der Waals surface area contributed by atoms with E-state index in [4.69, 9.17) is 5.73 Å². The summed E-state index contributed by atoms with van der Waals surface area (Å²) >= 11 is 0. The summed E-state index contributed by atoms with van der Waals surface area (Å²) in [6.07, 6.45) is -4.28.